The Morgan fingerprint density at radius 2 is 2.33 bits per heavy atom. The minimum atomic E-state index is 0.151. The molecular weight excluding hydrogens is 116 g/mol. The SMILES string of the molecule is CC12CC(C1)C(CO)O2. The van der Waals surface area contributed by atoms with Gasteiger partial charge in [0.25, 0.3) is 0 Å². The first-order valence-corrected chi connectivity index (χ1v) is 3.52. The van der Waals surface area contributed by atoms with Crippen molar-refractivity contribution >= 4 is 0 Å². The minimum Gasteiger partial charge on any atom is -0.394 e. The van der Waals surface area contributed by atoms with E-state index >= 15 is 0 Å². The molecule has 2 aliphatic heterocycles. The molecule has 0 aromatic carbocycles. The monoisotopic (exact) mass is 128 g/mol. The second kappa shape index (κ2) is 1.50. The van der Waals surface area contributed by atoms with E-state index in [0.717, 1.165) is 12.8 Å². The van der Waals surface area contributed by atoms with Crippen LogP contribution in [0.25, 0.3) is 0 Å². The number of fused-ring (bicyclic) bond motifs is 1. The Kier molecular flexibility index (Phi) is 0.945. The van der Waals surface area contributed by atoms with Gasteiger partial charge in [-0.05, 0) is 25.7 Å². The lowest BCUT2D eigenvalue weighted by molar-refractivity contribution is -0.0230. The molecule has 0 spiro atoms. The van der Waals surface area contributed by atoms with Gasteiger partial charge in [0.1, 0.15) is 0 Å². The Morgan fingerprint density at radius 3 is 2.56 bits per heavy atom. The number of aliphatic hydroxyl groups excluding tert-OH is 1. The summed E-state index contributed by atoms with van der Waals surface area (Å²) in [5, 5.41) is 8.75. The van der Waals surface area contributed by atoms with Crippen LogP contribution in [0.15, 0.2) is 0 Å². The van der Waals surface area contributed by atoms with Gasteiger partial charge in [0.15, 0.2) is 0 Å². The van der Waals surface area contributed by atoms with Crippen molar-refractivity contribution in [3.63, 3.8) is 0 Å². The quantitative estimate of drug-likeness (QED) is 0.558. The average Bonchev–Trinajstić information content (AvgIpc) is 2.18. The average molecular weight is 128 g/mol. The second-order valence-corrected chi connectivity index (χ2v) is 3.46. The van der Waals surface area contributed by atoms with Gasteiger partial charge in [0.05, 0.1) is 18.3 Å². The minimum absolute atomic E-state index is 0.151. The number of hydrogen-bond acceptors (Lipinski definition) is 2. The van der Waals surface area contributed by atoms with Gasteiger partial charge >= 0.3 is 0 Å². The summed E-state index contributed by atoms with van der Waals surface area (Å²) in [6, 6.07) is 0. The first-order chi connectivity index (χ1) is 4.23. The summed E-state index contributed by atoms with van der Waals surface area (Å²) in [6.07, 6.45) is 2.49. The molecule has 9 heavy (non-hydrogen) atoms. The van der Waals surface area contributed by atoms with Gasteiger partial charge < -0.3 is 9.84 Å². The van der Waals surface area contributed by atoms with Crippen molar-refractivity contribution in [3.8, 4) is 0 Å². The van der Waals surface area contributed by atoms with Crippen LogP contribution in [0.4, 0.5) is 0 Å². The normalized spacial score (nSPS) is 55.3. The van der Waals surface area contributed by atoms with Gasteiger partial charge in [0, 0.05) is 0 Å². The summed E-state index contributed by atoms with van der Waals surface area (Å²) < 4.78 is 5.52. The smallest absolute Gasteiger partial charge is 0.0843 e. The van der Waals surface area contributed by atoms with Crippen LogP contribution in [-0.4, -0.2) is 23.4 Å². The Hall–Kier alpha value is -0.0800. The van der Waals surface area contributed by atoms with Crippen molar-refractivity contribution in [2.75, 3.05) is 6.61 Å². The van der Waals surface area contributed by atoms with E-state index in [1.807, 2.05) is 0 Å². The Labute approximate surface area is 54.8 Å². The van der Waals surface area contributed by atoms with E-state index in [-0.39, 0.29) is 18.3 Å². The number of rotatable bonds is 1. The van der Waals surface area contributed by atoms with E-state index in [2.05, 4.69) is 6.92 Å². The van der Waals surface area contributed by atoms with Crippen molar-refractivity contribution in [2.24, 2.45) is 5.92 Å². The van der Waals surface area contributed by atoms with Crippen LogP contribution in [0.3, 0.4) is 0 Å². The van der Waals surface area contributed by atoms with Gasteiger partial charge in [-0.25, -0.2) is 0 Å². The summed E-state index contributed by atoms with van der Waals surface area (Å²) in [4.78, 5) is 0. The predicted molar refractivity (Wildman–Crippen MR) is 33.1 cm³/mol. The van der Waals surface area contributed by atoms with Crippen LogP contribution in [-0.2, 0) is 4.74 Å². The zero-order valence-electron chi connectivity index (χ0n) is 5.63. The number of aliphatic hydroxyl groups is 1. The molecule has 0 radical (unpaired) electrons. The van der Waals surface area contributed by atoms with Crippen molar-refractivity contribution in [1.82, 2.24) is 0 Å². The van der Waals surface area contributed by atoms with Crippen LogP contribution >= 0.6 is 0 Å². The lowest BCUT2D eigenvalue weighted by atomic mass is 9.74. The molecule has 2 heteroatoms. The Morgan fingerprint density at radius 1 is 1.67 bits per heavy atom. The highest BCUT2D eigenvalue weighted by molar-refractivity contribution is 5.02. The second-order valence-electron chi connectivity index (χ2n) is 3.46. The van der Waals surface area contributed by atoms with Crippen molar-refractivity contribution < 1.29 is 9.84 Å². The highest BCUT2D eigenvalue weighted by Crippen LogP contribution is 2.51. The molecule has 3 aliphatic rings. The van der Waals surface area contributed by atoms with Gasteiger partial charge in [0.2, 0.25) is 0 Å². The summed E-state index contributed by atoms with van der Waals surface area (Å²) in [7, 11) is 0. The van der Waals surface area contributed by atoms with E-state index < -0.39 is 0 Å². The maximum absolute atomic E-state index is 8.75. The van der Waals surface area contributed by atoms with E-state index in [0.29, 0.717) is 5.92 Å². The molecule has 2 saturated heterocycles. The molecule has 3 fully saturated rings. The predicted octanol–water partition coefficient (Wildman–Crippen LogP) is 0.546. The third-order valence-corrected chi connectivity index (χ3v) is 2.53. The van der Waals surface area contributed by atoms with Gasteiger partial charge in [-0.1, -0.05) is 0 Å². The molecule has 52 valence electrons. The van der Waals surface area contributed by atoms with E-state index in [1.165, 1.54) is 0 Å². The molecule has 0 aromatic heterocycles. The van der Waals surface area contributed by atoms with Crippen LogP contribution in [0.2, 0.25) is 0 Å². The molecule has 1 aliphatic carbocycles. The van der Waals surface area contributed by atoms with Crippen LogP contribution in [0.5, 0.6) is 0 Å². The van der Waals surface area contributed by atoms with Crippen molar-refractivity contribution in [3.05, 3.63) is 0 Å². The number of hydrogen-bond donors (Lipinski definition) is 1. The van der Waals surface area contributed by atoms with E-state index in [4.69, 9.17) is 9.84 Å². The van der Waals surface area contributed by atoms with Crippen LogP contribution in [0, 0.1) is 5.92 Å². The molecular formula is C7H12O2. The maximum Gasteiger partial charge on any atom is 0.0843 e. The molecule has 1 saturated carbocycles. The molecule has 2 heterocycles. The largest absolute Gasteiger partial charge is 0.394 e. The van der Waals surface area contributed by atoms with Crippen LogP contribution in [0.1, 0.15) is 19.8 Å². The molecule has 2 bridgehead atoms. The highest BCUT2D eigenvalue weighted by atomic mass is 16.5. The summed E-state index contributed by atoms with van der Waals surface area (Å²) in [5.74, 6) is 0.667. The Balaban J connectivity index is 2.06. The lowest BCUT2D eigenvalue weighted by Gasteiger charge is -2.31. The zero-order valence-corrected chi connectivity index (χ0v) is 5.63. The first kappa shape index (κ1) is 5.69. The fourth-order valence-corrected chi connectivity index (χ4v) is 2.06. The van der Waals surface area contributed by atoms with Gasteiger partial charge in [-0.2, -0.15) is 0 Å². The Bertz CT molecular complexity index is 127. The summed E-state index contributed by atoms with van der Waals surface area (Å²) in [6.45, 7) is 2.33. The molecule has 1 atom stereocenters. The molecule has 3 rings (SSSR count). The van der Waals surface area contributed by atoms with Gasteiger partial charge in [-0.15, -0.1) is 0 Å². The molecule has 2 nitrogen and oxygen atoms in total. The third kappa shape index (κ3) is 0.634. The lowest BCUT2D eigenvalue weighted by Crippen LogP contribution is -2.32. The fourth-order valence-electron chi connectivity index (χ4n) is 2.06. The zero-order chi connectivity index (χ0) is 6.48. The van der Waals surface area contributed by atoms with E-state index in [1.54, 1.807) is 0 Å². The first-order valence-electron chi connectivity index (χ1n) is 3.52. The van der Waals surface area contributed by atoms with Crippen LogP contribution < -0.4 is 0 Å². The molecule has 1 N–H and O–H groups in total. The highest BCUT2D eigenvalue weighted by Gasteiger charge is 2.53. The maximum atomic E-state index is 8.75. The molecule has 1 unspecified atom stereocenters. The topological polar surface area (TPSA) is 29.5 Å². The van der Waals surface area contributed by atoms with E-state index in [9.17, 15) is 0 Å². The number of ether oxygens (including phenoxy) is 1. The molecule has 0 amide bonds. The molecule has 0 aromatic rings. The van der Waals surface area contributed by atoms with Gasteiger partial charge in [-0.3, -0.25) is 0 Å². The van der Waals surface area contributed by atoms with Crippen molar-refractivity contribution in [1.29, 1.82) is 0 Å². The summed E-state index contributed by atoms with van der Waals surface area (Å²) >= 11 is 0. The fraction of sp³-hybridized carbons (Fsp3) is 1.00. The summed E-state index contributed by atoms with van der Waals surface area (Å²) in [5.41, 5.74) is 0.151. The van der Waals surface area contributed by atoms with Crippen molar-refractivity contribution in [2.45, 2.75) is 31.5 Å². The third-order valence-electron chi connectivity index (χ3n) is 2.53. The standard InChI is InChI=1S/C7H12O2/c1-7-2-5(3-7)6(4-8)9-7/h5-6,8H,2-4H2,1H3.